The first-order valence-electron chi connectivity index (χ1n) is 3.33. The predicted octanol–water partition coefficient (Wildman–Crippen LogP) is 0.781. The molecular formula is C7H11O3S. The van der Waals surface area contributed by atoms with Gasteiger partial charge in [0.15, 0.2) is 6.10 Å². The van der Waals surface area contributed by atoms with Crippen molar-refractivity contribution < 1.29 is 14.3 Å². The van der Waals surface area contributed by atoms with Crippen LogP contribution in [0.3, 0.4) is 0 Å². The van der Waals surface area contributed by atoms with Gasteiger partial charge < -0.3 is 4.74 Å². The van der Waals surface area contributed by atoms with Crippen LogP contribution in [0.1, 0.15) is 13.8 Å². The molecule has 0 heterocycles. The monoisotopic (exact) mass is 175 g/mol. The number of hydrogen-bond donors (Lipinski definition) is 0. The molecule has 0 spiro atoms. The van der Waals surface area contributed by atoms with Gasteiger partial charge in [-0.05, 0) is 5.75 Å². The van der Waals surface area contributed by atoms with Gasteiger partial charge >= 0.3 is 5.97 Å². The van der Waals surface area contributed by atoms with Gasteiger partial charge in [-0.2, -0.15) is 11.8 Å². The van der Waals surface area contributed by atoms with Crippen LogP contribution in [0.4, 0.5) is 0 Å². The van der Waals surface area contributed by atoms with Crippen LogP contribution in [0.2, 0.25) is 0 Å². The van der Waals surface area contributed by atoms with E-state index in [2.05, 4.69) is 4.74 Å². The van der Waals surface area contributed by atoms with Gasteiger partial charge in [0, 0.05) is 12.7 Å². The van der Waals surface area contributed by atoms with Gasteiger partial charge in [0.25, 0.3) is 0 Å². The summed E-state index contributed by atoms with van der Waals surface area (Å²) in [7, 11) is 0. The van der Waals surface area contributed by atoms with Crippen LogP contribution in [0.5, 0.6) is 0 Å². The predicted molar refractivity (Wildman–Crippen MR) is 44.2 cm³/mol. The Morgan fingerprint density at radius 1 is 1.73 bits per heavy atom. The van der Waals surface area contributed by atoms with E-state index in [4.69, 9.17) is 0 Å². The fourth-order valence-corrected chi connectivity index (χ4v) is 1.10. The molecule has 1 unspecified atom stereocenters. The van der Waals surface area contributed by atoms with Gasteiger partial charge in [-0.15, -0.1) is 0 Å². The van der Waals surface area contributed by atoms with Crippen molar-refractivity contribution in [2.75, 3.05) is 11.5 Å². The lowest BCUT2D eigenvalue weighted by Gasteiger charge is -2.07. The molecule has 0 aliphatic heterocycles. The maximum atomic E-state index is 10.4. The lowest BCUT2D eigenvalue weighted by Crippen LogP contribution is -2.20. The van der Waals surface area contributed by atoms with Crippen molar-refractivity contribution in [3.63, 3.8) is 0 Å². The van der Waals surface area contributed by atoms with Gasteiger partial charge in [0.05, 0.1) is 0 Å². The van der Waals surface area contributed by atoms with Crippen molar-refractivity contribution in [1.29, 1.82) is 0 Å². The molecule has 0 saturated carbocycles. The van der Waals surface area contributed by atoms with Crippen LogP contribution >= 0.6 is 11.8 Å². The van der Waals surface area contributed by atoms with Gasteiger partial charge in [-0.3, -0.25) is 9.59 Å². The van der Waals surface area contributed by atoms with Crippen LogP contribution in [0, 0.1) is 0 Å². The number of esters is 1. The van der Waals surface area contributed by atoms with Gasteiger partial charge in [-0.25, -0.2) is 0 Å². The summed E-state index contributed by atoms with van der Waals surface area (Å²) >= 11 is 1.54. The summed E-state index contributed by atoms with van der Waals surface area (Å²) in [5.74, 6) is 0.967. The van der Waals surface area contributed by atoms with Gasteiger partial charge in [0.2, 0.25) is 6.29 Å². The zero-order chi connectivity index (χ0) is 8.69. The van der Waals surface area contributed by atoms with E-state index in [9.17, 15) is 9.59 Å². The maximum absolute atomic E-state index is 10.4. The van der Waals surface area contributed by atoms with Crippen LogP contribution in [0.15, 0.2) is 0 Å². The van der Waals surface area contributed by atoms with Gasteiger partial charge in [-0.1, -0.05) is 6.92 Å². The molecule has 0 N–H and O–H groups in total. The number of ether oxygens (including phenoxy) is 1. The normalized spacial score (nSPS) is 12.2. The molecule has 0 aromatic carbocycles. The summed E-state index contributed by atoms with van der Waals surface area (Å²) in [6.45, 7) is 3.25. The Morgan fingerprint density at radius 3 is 2.73 bits per heavy atom. The Balaban J connectivity index is 3.57. The standard InChI is InChI=1S/C7H11O3S/c1-3-11-5-7(4-8)10-6(2)9/h7H,3,5H2,1-2H3. The molecule has 1 atom stereocenters. The van der Waals surface area contributed by atoms with E-state index in [1.165, 1.54) is 6.92 Å². The second kappa shape index (κ2) is 6.22. The number of carbonyl (C=O) groups is 1. The maximum Gasteiger partial charge on any atom is 0.303 e. The number of carbonyl (C=O) groups excluding carboxylic acids is 2. The molecule has 0 aromatic rings. The van der Waals surface area contributed by atoms with E-state index in [0.717, 1.165) is 5.75 Å². The SMILES string of the molecule is CCSCC([C]=O)OC(C)=O. The van der Waals surface area contributed by atoms with Crippen molar-refractivity contribution in [2.24, 2.45) is 0 Å². The number of thioether (sulfide) groups is 1. The molecule has 4 heteroatoms. The lowest BCUT2D eigenvalue weighted by atomic mass is 10.4. The second-order valence-corrected chi connectivity index (χ2v) is 3.19. The topological polar surface area (TPSA) is 43.4 Å². The Kier molecular flexibility index (Phi) is 5.93. The van der Waals surface area contributed by atoms with E-state index in [0.29, 0.717) is 5.75 Å². The summed E-state index contributed by atoms with van der Waals surface area (Å²) < 4.78 is 4.62. The summed E-state index contributed by atoms with van der Waals surface area (Å²) in [6.07, 6.45) is 0.957. The number of rotatable bonds is 5. The van der Waals surface area contributed by atoms with Crippen LogP contribution in [-0.4, -0.2) is 29.9 Å². The van der Waals surface area contributed by atoms with E-state index in [-0.39, 0.29) is 0 Å². The zero-order valence-electron chi connectivity index (χ0n) is 6.62. The molecule has 63 valence electrons. The molecular weight excluding hydrogens is 164 g/mol. The minimum absolute atomic E-state index is 0.435. The Morgan fingerprint density at radius 2 is 2.36 bits per heavy atom. The Bertz CT molecular complexity index is 136. The average molecular weight is 175 g/mol. The summed E-state index contributed by atoms with van der Waals surface area (Å²) in [6, 6.07) is 0. The molecule has 1 radical (unpaired) electrons. The van der Waals surface area contributed by atoms with E-state index >= 15 is 0 Å². The Labute approximate surface area is 70.5 Å². The molecule has 0 aliphatic carbocycles. The third kappa shape index (κ3) is 5.91. The van der Waals surface area contributed by atoms with Crippen LogP contribution in [0.25, 0.3) is 0 Å². The molecule has 0 bridgehead atoms. The van der Waals surface area contributed by atoms with Crippen LogP contribution < -0.4 is 0 Å². The summed E-state index contributed by atoms with van der Waals surface area (Å²) in [5.41, 5.74) is 0. The fraction of sp³-hybridized carbons (Fsp3) is 0.714. The van der Waals surface area contributed by atoms with E-state index in [1.807, 2.05) is 6.92 Å². The quantitative estimate of drug-likeness (QED) is 0.579. The van der Waals surface area contributed by atoms with Crippen molar-refractivity contribution in [3.8, 4) is 0 Å². The highest BCUT2D eigenvalue weighted by molar-refractivity contribution is 7.99. The first kappa shape index (κ1) is 10.5. The first-order valence-corrected chi connectivity index (χ1v) is 4.48. The minimum Gasteiger partial charge on any atom is -0.453 e. The van der Waals surface area contributed by atoms with Crippen LogP contribution in [-0.2, 0) is 14.3 Å². The highest BCUT2D eigenvalue weighted by atomic mass is 32.2. The Hall–Kier alpha value is -0.510. The minimum atomic E-state index is -0.697. The molecule has 11 heavy (non-hydrogen) atoms. The second-order valence-electron chi connectivity index (χ2n) is 1.88. The highest BCUT2D eigenvalue weighted by Gasteiger charge is 2.10. The van der Waals surface area contributed by atoms with E-state index < -0.39 is 12.1 Å². The first-order chi connectivity index (χ1) is 5.20. The zero-order valence-corrected chi connectivity index (χ0v) is 7.44. The largest absolute Gasteiger partial charge is 0.453 e. The highest BCUT2D eigenvalue weighted by Crippen LogP contribution is 2.03. The average Bonchev–Trinajstić information content (AvgIpc) is 1.97. The molecule has 3 nitrogen and oxygen atoms in total. The molecule has 0 amide bonds. The third-order valence-corrected chi connectivity index (χ3v) is 1.86. The van der Waals surface area contributed by atoms with Crippen molar-refractivity contribution in [3.05, 3.63) is 0 Å². The lowest BCUT2D eigenvalue weighted by molar-refractivity contribution is -0.142. The molecule has 0 aliphatic rings. The summed E-state index contributed by atoms with van der Waals surface area (Å²) in [5, 5.41) is 0. The number of hydrogen-bond acceptors (Lipinski definition) is 4. The van der Waals surface area contributed by atoms with E-state index in [1.54, 1.807) is 18.0 Å². The van der Waals surface area contributed by atoms with Gasteiger partial charge in [0.1, 0.15) is 0 Å². The fourth-order valence-electron chi connectivity index (χ4n) is 0.517. The van der Waals surface area contributed by atoms with Crippen molar-refractivity contribution >= 4 is 24.0 Å². The molecule has 0 rings (SSSR count). The molecule has 0 saturated heterocycles. The third-order valence-electron chi connectivity index (χ3n) is 0.913. The van der Waals surface area contributed by atoms with Crippen molar-refractivity contribution in [2.45, 2.75) is 20.0 Å². The van der Waals surface area contributed by atoms with Crippen molar-refractivity contribution in [1.82, 2.24) is 0 Å². The molecule has 0 aromatic heterocycles. The smallest absolute Gasteiger partial charge is 0.303 e. The molecule has 0 fully saturated rings. The summed E-state index contributed by atoms with van der Waals surface area (Å²) in [4.78, 5) is 20.5.